The van der Waals surface area contributed by atoms with Crippen LogP contribution >= 0.6 is 0 Å². The third-order valence-electron chi connectivity index (χ3n) is 5.27. The lowest BCUT2D eigenvalue weighted by atomic mass is 9.55. The van der Waals surface area contributed by atoms with Crippen molar-refractivity contribution < 1.29 is 4.79 Å². The molecule has 4 nitrogen and oxygen atoms in total. The molecule has 21 heavy (non-hydrogen) atoms. The van der Waals surface area contributed by atoms with Crippen molar-refractivity contribution in [2.24, 2.45) is 11.3 Å². The molecule has 0 radical (unpaired) electrons. The highest BCUT2D eigenvalue weighted by Crippen LogP contribution is 2.55. The second-order valence-corrected chi connectivity index (χ2v) is 6.93. The van der Waals surface area contributed by atoms with Crippen molar-refractivity contribution in [1.82, 2.24) is 14.3 Å². The SMILES string of the molecule is CC(C)C1N(C(=O)c2cn3ccccc3n2)CC12CCC2. The monoisotopic (exact) mass is 283 g/mol. The normalized spacial score (nSPS) is 23.4. The van der Waals surface area contributed by atoms with E-state index in [2.05, 4.69) is 18.8 Å². The minimum absolute atomic E-state index is 0.0925. The zero-order valence-electron chi connectivity index (χ0n) is 12.6. The number of pyridine rings is 1. The summed E-state index contributed by atoms with van der Waals surface area (Å²) < 4.78 is 1.91. The summed E-state index contributed by atoms with van der Waals surface area (Å²) in [7, 11) is 0. The molecule has 0 bridgehead atoms. The largest absolute Gasteiger partial charge is 0.333 e. The van der Waals surface area contributed by atoms with E-state index in [4.69, 9.17) is 0 Å². The molecule has 1 saturated heterocycles. The molecule has 2 aliphatic rings. The maximum atomic E-state index is 12.8. The Bertz CT molecular complexity index is 666. The number of hydrogen-bond donors (Lipinski definition) is 0. The first kappa shape index (κ1) is 12.9. The fourth-order valence-electron chi connectivity index (χ4n) is 4.28. The third kappa shape index (κ3) is 1.74. The molecule has 110 valence electrons. The van der Waals surface area contributed by atoms with E-state index >= 15 is 0 Å². The zero-order valence-corrected chi connectivity index (χ0v) is 12.6. The number of rotatable bonds is 2. The second-order valence-electron chi connectivity index (χ2n) is 6.93. The number of nitrogens with zero attached hydrogens (tertiary/aromatic N) is 3. The van der Waals surface area contributed by atoms with Crippen molar-refractivity contribution in [3.05, 3.63) is 36.3 Å². The summed E-state index contributed by atoms with van der Waals surface area (Å²) in [6.07, 6.45) is 7.67. The number of fused-ring (bicyclic) bond motifs is 1. The fraction of sp³-hybridized carbons (Fsp3) is 0.529. The van der Waals surface area contributed by atoms with Gasteiger partial charge in [-0.2, -0.15) is 0 Å². The van der Waals surface area contributed by atoms with Gasteiger partial charge in [-0.15, -0.1) is 0 Å². The van der Waals surface area contributed by atoms with E-state index in [0.717, 1.165) is 12.2 Å². The second kappa shape index (κ2) is 4.33. The molecular weight excluding hydrogens is 262 g/mol. The van der Waals surface area contributed by atoms with Crippen LogP contribution in [0.3, 0.4) is 0 Å². The van der Waals surface area contributed by atoms with E-state index in [-0.39, 0.29) is 5.91 Å². The molecule has 3 heterocycles. The molecule has 1 aliphatic carbocycles. The van der Waals surface area contributed by atoms with Crippen LogP contribution in [0.1, 0.15) is 43.6 Å². The first-order chi connectivity index (χ1) is 10.1. The molecule has 2 aromatic rings. The van der Waals surface area contributed by atoms with Crippen LogP contribution in [-0.2, 0) is 0 Å². The summed E-state index contributed by atoms with van der Waals surface area (Å²) in [6.45, 7) is 5.38. The van der Waals surface area contributed by atoms with Crippen molar-refractivity contribution in [3.63, 3.8) is 0 Å². The van der Waals surface area contributed by atoms with Crippen LogP contribution in [0.5, 0.6) is 0 Å². The van der Waals surface area contributed by atoms with E-state index in [9.17, 15) is 4.79 Å². The van der Waals surface area contributed by atoms with E-state index in [1.54, 1.807) is 0 Å². The summed E-state index contributed by atoms with van der Waals surface area (Å²) in [5, 5.41) is 0. The number of imidazole rings is 1. The summed E-state index contributed by atoms with van der Waals surface area (Å²) >= 11 is 0. The summed E-state index contributed by atoms with van der Waals surface area (Å²) in [4.78, 5) is 19.3. The Morgan fingerprint density at radius 2 is 2.19 bits per heavy atom. The lowest BCUT2D eigenvalue weighted by Gasteiger charge is -2.63. The van der Waals surface area contributed by atoms with Crippen molar-refractivity contribution in [3.8, 4) is 0 Å². The summed E-state index contributed by atoms with van der Waals surface area (Å²) in [5.74, 6) is 0.606. The van der Waals surface area contributed by atoms with E-state index in [1.807, 2.05) is 39.9 Å². The van der Waals surface area contributed by atoms with Gasteiger partial charge in [0.2, 0.25) is 0 Å². The van der Waals surface area contributed by atoms with Crippen molar-refractivity contribution in [2.75, 3.05) is 6.54 Å². The highest BCUT2D eigenvalue weighted by molar-refractivity contribution is 5.94. The predicted octanol–water partition coefficient (Wildman–Crippen LogP) is 2.99. The Hall–Kier alpha value is -1.84. The molecule has 4 heteroatoms. The van der Waals surface area contributed by atoms with Gasteiger partial charge in [0.15, 0.2) is 0 Å². The van der Waals surface area contributed by atoms with Crippen molar-refractivity contribution in [2.45, 2.75) is 39.2 Å². The van der Waals surface area contributed by atoms with Gasteiger partial charge < -0.3 is 9.30 Å². The molecular formula is C17H21N3O. The van der Waals surface area contributed by atoms with Crippen molar-refractivity contribution >= 4 is 11.6 Å². The number of amides is 1. The molecule has 1 spiro atoms. The number of hydrogen-bond acceptors (Lipinski definition) is 2. The highest BCUT2D eigenvalue weighted by Gasteiger charge is 2.58. The average Bonchev–Trinajstić information content (AvgIpc) is 2.78. The number of carbonyl (C=O) groups excluding carboxylic acids is 1. The van der Waals surface area contributed by atoms with Gasteiger partial charge >= 0.3 is 0 Å². The minimum atomic E-state index is 0.0925. The molecule has 0 aromatic carbocycles. The molecule has 4 rings (SSSR count). The van der Waals surface area contributed by atoms with Crippen molar-refractivity contribution in [1.29, 1.82) is 0 Å². The molecule has 2 fully saturated rings. The van der Waals surface area contributed by atoms with Crippen LogP contribution in [0, 0.1) is 11.3 Å². The Morgan fingerprint density at radius 3 is 2.81 bits per heavy atom. The van der Waals surface area contributed by atoms with E-state index < -0.39 is 0 Å². The Balaban J connectivity index is 1.62. The van der Waals surface area contributed by atoms with Gasteiger partial charge in [-0.1, -0.05) is 26.3 Å². The third-order valence-corrected chi connectivity index (χ3v) is 5.27. The maximum absolute atomic E-state index is 12.8. The quantitative estimate of drug-likeness (QED) is 0.849. The summed E-state index contributed by atoms with van der Waals surface area (Å²) in [5.41, 5.74) is 1.82. The maximum Gasteiger partial charge on any atom is 0.274 e. The Kier molecular flexibility index (Phi) is 2.65. The van der Waals surface area contributed by atoms with Gasteiger partial charge in [0, 0.05) is 30.4 Å². The number of carbonyl (C=O) groups is 1. The van der Waals surface area contributed by atoms with Gasteiger partial charge in [0.25, 0.3) is 5.91 Å². The topological polar surface area (TPSA) is 37.6 Å². The Labute approximate surface area is 124 Å². The Morgan fingerprint density at radius 1 is 1.38 bits per heavy atom. The number of aromatic nitrogens is 2. The van der Waals surface area contributed by atoms with Gasteiger partial charge in [-0.25, -0.2) is 4.98 Å². The van der Waals surface area contributed by atoms with Crippen LogP contribution < -0.4 is 0 Å². The van der Waals surface area contributed by atoms with E-state index in [1.165, 1.54) is 19.3 Å². The zero-order chi connectivity index (χ0) is 14.6. The molecule has 1 atom stereocenters. The van der Waals surface area contributed by atoms with Gasteiger partial charge in [-0.05, 0) is 30.9 Å². The lowest BCUT2D eigenvalue weighted by Crippen LogP contribution is -2.70. The molecule has 1 unspecified atom stereocenters. The van der Waals surface area contributed by atoms with Crippen LogP contribution in [-0.4, -0.2) is 32.8 Å². The molecule has 1 amide bonds. The smallest absolute Gasteiger partial charge is 0.274 e. The van der Waals surface area contributed by atoms with Gasteiger partial charge in [0.1, 0.15) is 11.3 Å². The van der Waals surface area contributed by atoms with Crippen LogP contribution in [0.2, 0.25) is 0 Å². The van der Waals surface area contributed by atoms with Crippen LogP contribution in [0.25, 0.3) is 5.65 Å². The summed E-state index contributed by atoms with van der Waals surface area (Å²) in [6, 6.07) is 6.22. The fourth-order valence-corrected chi connectivity index (χ4v) is 4.28. The lowest BCUT2D eigenvalue weighted by molar-refractivity contribution is -0.121. The van der Waals surface area contributed by atoms with Crippen LogP contribution in [0.15, 0.2) is 30.6 Å². The first-order valence-electron chi connectivity index (χ1n) is 7.85. The predicted molar refractivity (Wildman–Crippen MR) is 81.1 cm³/mol. The number of likely N-dealkylation sites (tertiary alicyclic amines) is 1. The molecule has 1 saturated carbocycles. The molecule has 2 aromatic heterocycles. The highest BCUT2D eigenvalue weighted by atomic mass is 16.2. The van der Waals surface area contributed by atoms with E-state index in [0.29, 0.717) is 23.1 Å². The first-order valence-corrected chi connectivity index (χ1v) is 7.85. The van der Waals surface area contributed by atoms with Crippen LogP contribution in [0.4, 0.5) is 0 Å². The van der Waals surface area contributed by atoms with Gasteiger partial charge in [0.05, 0.1) is 0 Å². The molecule has 0 N–H and O–H groups in total. The molecule has 1 aliphatic heterocycles. The minimum Gasteiger partial charge on any atom is -0.333 e. The standard InChI is InChI=1S/C17H21N3O/c1-12(2)15-17(7-5-8-17)11-20(15)16(21)13-10-19-9-4-3-6-14(19)18-13/h3-4,6,9-10,12,15H,5,7-8,11H2,1-2H3. The van der Waals surface area contributed by atoms with Gasteiger partial charge in [-0.3, -0.25) is 4.79 Å². The average molecular weight is 283 g/mol.